The molecular formula is C17H19BrO3. The average molecular weight is 351 g/mol. The second kappa shape index (κ2) is 7.46. The predicted octanol–water partition coefficient (Wildman–Crippen LogP) is 4.47. The van der Waals surface area contributed by atoms with E-state index < -0.39 is 0 Å². The summed E-state index contributed by atoms with van der Waals surface area (Å²) in [4.78, 5) is 11.5. The highest BCUT2D eigenvalue weighted by Crippen LogP contribution is 2.29. The van der Waals surface area contributed by atoms with Crippen LogP contribution in [0.4, 0.5) is 0 Å². The first kappa shape index (κ1) is 15.8. The molecule has 0 aliphatic heterocycles. The first-order valence-corrected chi connectivity index (χ1v) is 8.13. The van der Waals surface area contributed by atoms with Crippen LogP contribution in [-0.2, 0) is 6.42 Å². The normalized spacial score (nSPS) is 10.8. The zero-order chi connectivity index (χ0) is 15.2. The van der Waals surface area contributed by atoms with Crippen LogP contribution in [0.25, 0.3) is 11.0 Å². The minimum Gasteiger partial charge on any atom is -0.493 e. The first-order chi connectivity index (χ1) is 10.1. The lowest BCUT2D eigenvalue weighted by Crippen LogP contribution is -2.03. The number of allylic oxidation sites excluding steroid dienone is 1. The highest BCUT2D eigenvalue weighted by atomic mass is 79.9. The zero-order valence-corrected chi connectivity index (χ0v) is 13.7. The van der Waals surface area contributed by atoms with Gasteiger partial charge >= 0.3 is 5.63 Å². The summed E-state index contributed by atoms with van der Waals surface area (Å²) in [6.45, 7) is 6.56. The van der Waals surface area contributed by atoms with Crippen LogP contribution in [0.5, 0.6) is 5.75 Å². The zero-order valence-electron chi connectivity index (χ0n) is 12.2. The third-order valence-corrected chi connectivity index (χ3v) is 3.75. The largest absolute Gasteiger partial charge is 0.493 e. The number of ether oxygens (including phenoxy) is 1. The van der Waals surface area contributed by atoms with Gasteiger partial charge in [0.2, 0.25) is 0 Å². The van der Waals surface area contributed by atoms with E-state index in [0.29, 0.717) is 12.2 Å². The molecule has 0 saturated carbocycles. The summed E-state index contributed by atoms with van der Waals surface area (Å²) in [5.74, 6) is 0.791. The van der Waals surface area contributed by atoms with Gasteiger partial charge in [0.25, 0.3) is 0 Å². The van der Waals surface area contributed by atoms with Crippen LogP contribution >= 0.6 is 15.9 Å². The lowest BCUT2D eigenvalue weighted by Gasteiger charge is -2.13. The van der Waals surface area contributed by atoms with Gasteiger partial charge in [-0.1, -0.05) is 21.5 Å². The second-order valence-electron chi connectivity index (χ2n) is 5.06. The molecule has 0 amide bonds. The van der Waals surface area contributed by atoms with Crippen LogP contribution in [0, 0.1) is 0 Å². The molecule has 3 nitrogen and oxygen atoms in total. The summed E-state index contributed by atoms with van der Waals surface area (Å²) < 4.78 is 11.2. The van der Waals surface area contributed by atoms with Crippen LogP contribution in [0.15, 0.2) is 45.6 Å². The van der Waals surface area contributed by atoms with Crippen molar-refractivity contribution < 1.29 is 9.15 Å². The molecule has 2 aromatic rings. The SMILES string of the molecule is C=C(C)CCc1c(OCCCBr)ccc2ccc(=O)oc12. The Bertz CT molecular complexity index is 688. The van der Waals surface area contributed by atoms with E-state index in [4.69, 9.17) is 9.15 Å². The summed E-state index contributed by atoms with van der Waals surface area (Å²) in [7, 11) is 0. The number of benzene rings is 1. The maximum atomic E-state index is 11.5. The van der Waals surface area contributed by atoms with E-state index in [1.807, 2.05) is 19.1 Å². The maximum absolute atomic E-state index is 11.5. The fourth-order valence-corrected chi connectivity index (χ4v) is 2.35. The van der Waals surface area contributed by atoms with Gasteiger partial charge in [-0.05, 0) is 44.4 Å². The van der Waals surface area contributed by atoms with E-state index >= 15 is 0 Å². The Balaban J connectivity index is 2.42. The Morgan fingerprint density at radius 2 is 2.10 bits per heavy atom. The number of aryl methyl sites for hydroxylation is 1. The monoisotopic (exact) mass is 350 g/mol. The molecule has 0 fully saturated rings. The highest BCUT2D eigenvalue weighted by Gasteiger charge is 2.12. The van der Waals surface area contributed by atoms with E-state index in [9.17, 15) is 4.79 Å². The number of fused-ring (bicyclic) bond motifs is 1. The quantitative estimate of drug-likeness (QED) is 0.320. The van der Waals surface area contributed by atoms with E-state index in [0.717, 1.165) is 46.9 Å². The van der Waals surface area contributed by atoms with Crippen molar-refractivity contribution in [3.8, 4) is 5.75 Å². The minimum atomic E-state index is -0.336. The standard InChI is InChI=1S/C17H19BrO3/c1-12(2)4-7-14-15(20-11-3-10-18)8-5-13-6-9-16(19)21-17(13)14/h5-6,8-9H,1,3-4,7,10-11H2,2H3. The van der Waals surface area contributed by atoms with E-state index in [1.54, 1.807) is 6.07 Å². The van der Waals surface area contributed by atoms with E-state index in [2.05, 4.69) is 22.5 Å². The highest BCUT2D eigenvalue weighted by molar-refractivity contribution is 9.09. The van der Waals surface area contributed by atoms with Gasteiger partial charge in [-0.25, -0.2) is 4.79 Å². The molecule has 0 radical (unpaired) electrons. The third-order valence-electron chi connectivity index (χ3n) is 3.19. The molecule has 112 valence electrons. The Hall–Kier alpha value is -1.55. The van der Waals surface area contributed by atoms with Crippen molar-refractivity contribution in [2.24, 2.45) is 0 Å². The van der Waals surface area contributed by atoms with Crippen molar-refractivity contribution in [1.82, 2.24) is 0 Å². The molecule has 0 saturated heterocycles. The van der Waals surface area contributed by atoms with Gasteiger partial charge in [-0.15, -0.1) is 6.58 Å². The number of halogens is 1. The number of alkyl halides is 1. The molecule has 4 heteroatoms. The molecule has 2 rings (SSSR count). The Kier molecular flexibility index (Phi) is 5.62. The number of hydrogen-bond acceptors (Lipinski definition) is 3. The summed E-state index contributed by atoms with van der Waals surface area (Å²) >= 11 is 3.39. The van der Waals surface area contributed by atoms with Crippen LogP contribution in [-0.4, -0.2) is 11.9 Å². The van der Waals surface area contributed by atoms with Crippen molar-refractivity contribution in [2.45, 2.75) is 26.2 Å². The smallest absolute Gasteiger partial charge is 0.336 e. The van der Waals surface area contributed by atoms with Crippen LogP contribution < -0.4 is 10.4 Å². The second-order valence-corrected chi connectivity index (χ2v) is 5.86. The summed E-state index contributed by atoms with van der Waals surface area (Å²) in [6, 6.07) is 7.10. The lowest BCUT2D eigenvalue weighted by molar-refractivity contribution is 0.315. The van der Waals surface area contributed by atoms with E-state index in [1.165, 1.54) is 6.07 Å². The predicted molar refractivity (Wildman–Crippen MR) is 89.5 cm³/mol. The van der Waals surface area contributed by atoms with Gasteiger partial charge in [0.05, 0.1) is 6.61 Å². The molecule has 0 bridgehead atoms. The molecule has 0 unspecified atom stereocenters. The maximum Gasteiger partial charge on any atom is 0.336 e. The fourth-order valence-electron chi connectivity index (χ4n) is 2.12. The molecule has 0 atom stereocenters. The topological polar surface area (TPSA) is 39.4 Å². The summed E-state index contributed by atoms with van der Waals surface area (Å²) in [5, 5.41) is 1.82. The Morgan fingerprint density at radius 3 is 2.81 bits per heavy atom. The Labute approximate surface area is 132 Å². The molecule has 0 aliphatic carbocycles. The van der Waals surface area contributed by atoms with Crippen molar-refractivity contribution in [2.75, 3.05) is 11.9 Å². The molecule has 0 aliphatic rings. The number of hydrogen-bond donors (Lipinski definition) is 0. The van der Waals surface area contributed by atoms with Gasteiger partial charge < -0.3 is 9.15 Å². The van der Waals surface area contributed by atoms with Crippen molar-refractivity contribution in [1.29, 1.82) is 0 Å². The first-order valence-electron chi connectivity index (χ1n) is 7.00. The molecule has 0 spiro atoms. The Morgan fingerprint density at radius 1 is 1.33 bits per heavy atom. The van der Waals surface area contributed by atoms with Gasteiger partial charge in [-0.3, -0.25) is 0 Å². The molecule has 1 aromatic heterocycles. The summed E-state index contributed by atoms with van der Waals surface area (Å²) in [5.41, 5.74) is 2.33. The molecular weight excluding hydrogens is 332 g/mol. The fraction of sp³-hybridized carbons (Fsp3) is 0.353. The third kappa shape index (κ3) is 4.21. The molecule has 1 aromatic carbocycles. The van der Waals surface area contributed by atoms with Crippen molar-refractivity contribution >= 4 is 26.9 Å². The lowest BCUT2D eigenvalue weighted by atomic mass is 10.0. The molecule has 0 N–H and O–H groups in total. The average Bonchev–Trinajstić information content (AvgIpc) is 2.45. The molecule has 1 heterocycles. The van der Waals surface area contributed by atoms with Gasteiger partial charge in [-0.2, -0.15) is 0 Å². The van der Waals surface area contributed by atoms with Crippen LogP contribution in [0.1, 0.15) is 25.3 Å². The van der Waals surface area contributed by atoms with Gasteiger partial charge in [0.1, 0.15) is 11.3 Å². The van der Waals surface area contributed by atoms with Gasteiger partial charge in [0, 0.05) is 22.3 Å². The summed E-state index contributed by atoms with van der Waals surface area (Å²) in [6.07, 6.45) is 2.52. The molecule has 21 heavy (non-hydrogen) atoms. The van der Waals surface area contributed by atoms with Crippen molar-refractivity contribution in [3.05, 3.63) is 52.4 Å². The van der Waals surface area contributed by atoms with Gasteiger partial charge in [0.15, 0.2) is 0 Å². The van der Waals surface area contributed by atoms with Crippen LogP contribution in [0.3, 0.4) is 0 Å². The van der Waals surface area contributed by atoms with E-state index in [-0.39, 0.29) is 5.63 Å². The van der Waals surface area contributed by atoms with Crippen molar-refractivity contribution in [3.63, 3.8) is 0 Å². The minimum absolute atomic E-state index is 0.336. The number of rotatable bonds is 7. The van der Waals surface area contributed by atoms with Crippen LogP contribution in [0.2, 0.25) is 0 Å².